The SMILES string of the molecule is COc1cc(Nc2ncnc3cc(OCC(O)CN4CCCCC4)c(OC)cc23)c(Cl)cc1Cl. The first-order chi connectivity index (χ1) is 16.5. The predicted octanol–water partition coefficient (Wildman–Crippen LogP) is 4.92. The molecule has 0 amide bonds. The summed E-state index contributed by atoms with van der Waals surface area (Å²) in [7, 11) is 3.10. The molecular formula is C24H28Cl2N4O4. The fourth-order valence-corrected chi connectivity index (χ4v) is 4.53. The average molecular weight is 507 g/mol. The monoisotopic (exact) mass is 506 g/mol. The Morgan fingerprint density at radius 2 is 1.74 bits per heavy atom. The van der Waals surface area contributed by atoms with Gasteiger partial charge in [0.15, 0.2) is 11.5 Å². The van der Waals surface area contributed by atoms with Crippen molar-refractivity contribution < 1.29 is 19.3 Å². The second-order valence-electron chi connectivity index (χ2n) is 8.16. The van der Waals surface area contributed by atoms with E-state index < -0.39 is 6.10 Å². The number of likely N-dealkylation sites (tertiary alicyclic amines) is 1. The van der Waals surface area contributed by atoms with Gasteiger partial charge < -0.3 is 29.5 Å². The summed E-state index contributed by atoms with van der Waals surface area (Å²) in [6.45, 7) is 2.80. The number of hydrogen-bond donors (Lipinski definition) is 2. The molecule has 2 aromatic carbocycles. The third-order valence-corrected chi connectivity index (χ3v) is 6.37. The fourth-order valence-electron chi connectivity index (χ4n) is 4.02. The number of methoxy groups -OCH3 is 2. The molecule has 1 saturated heterocycles. The number of aliphatic hydroxyl groups is 1. The molecule has 182 valence electrons. The first-order valence-electron chi connectivity index (χ1n) is 11.1. The molecule has 0 saturated carbocycles. The van der Waals surface area contributed by atoms with E-state index in [0.29, 0.717) is 56.2 Å². The number of halogens is 2. The molecule has 1 unspecified atom stereocenters. The Morgan fingerprint density at radius 3 is 2.47 bits per heavy atom. The van der Waals surface area contributed by atoms with E-state index in [4.69, 9.17) is 37.4 Å². The number of nitrogens with one attached hydrogen (secondary N) is 1. The molecule has 1 atom stereocenters. The van der Waals surface area contributed by atoms with E-state index in [2.05, 4.69) is 20.2 Å². The molecule has 1 aliphatic heterocycles. The zero-order valence-electron chi connectivity index (χ0n) is 19.2. The summed E-state index contributed by atoms with van der Waals surface area (Å²) in [6, 6.07) is 6.89. The van der Waals surface area contributed by atoms with Crippen LogP contribution in [0, 0.1) is 0 Å². The third kappa shape index (κ3) is 5.75. The van der Waals surface area contributed by atoms with Gasteiger partial charge in [-0.25, -0.2) is 9.97 Å². The molecule has 2 N–H and O–H groups in total. The molecule has 0 aliphatic carbocycles. The number of nitrogens with zero attached hydrogens (tertiary/aromatic N) is 3. The highest BCUT2D eigenvalue weighted by Gasteiger charge is 2.18. The van der Waals surface area contributed by atoms with E-state index in [0.717, 1.165) is 13.1 Å². The molecule has 0 bridgehead atoms. The van der Waals surface area contributed by atoms with Crippen molar-refractivity contribution in [2.45, 2.75) is 25.4 Å². The van der Waals surface area contributed by atoms with Gasteiger partial charge in [-0.2, -0.15) is 0 Å². The van der Waals surface area contributed by atoms with Gasteiger partial charge in [-0.3, -0.25) is 0 Å². The normalized spacial score (nSPS) is 15.2. The van der Waals surface area contributed by atoms with Gasteiger partial charge in [0.25, 0.3) is 0 Å². The Morgan fingerprint density at radius 1 is 0.971 bits per heavy atom. The van der Waals surface area contributed by atoms with Gasteiger partial charge in [-0.15, -0.1) is 0 Å². The Balaban J connectivity index is 1.54. The number of rotatable bonds is 9. The molecule has 1 aromatic heterocycles. The molecule has 8 nitrogen and oxygen atoms in total. The Hall–Kier alpha value is -2.52. The lowest BCUT2D eigenvalue weighted by Gasteiger charge is -2.28. The first kappa shape index (κ1) is 24.6. The smallest absolute Gasteiger partial charge is 0.163 e. The third-order valence-electron chi connectivity index (χ3n) is 5.76. The maximum Gasteiger partial charge on any atom is 0.163 e. The number of benzene rings is 2. The molecule has 2 heterocycles. The standard InChI is InChI=1S/C24H28Cl2N4O4/c1-32-21-11-20(17(25)9-18(21)26)29-24-16-8-22(33-2)23(10-19(16)27-14-28-24)34-13-15(31)12-30-6-4-3-5-7-30/h8-11,14-15,31H,3-7,12-13H2,1-2H3,(H,27,28,29). The van der Waals surface area contributed by atoms with Gasteiger partial charge in [0.05, 0.1) is 35.5 Å². The number of ether oxygens (including phenoxy) is 3. The minimum atomic E-state index is -0.594. The van der Waals surface area contributed by atoms with Crippen LogP contribution in [0.2, 0.25) is 10.0 Å². The Kier molecular flexibility index (Phi) is 8.15. The summed E-state index contributed by atoms with van der Waals surface area (Å²) >= 11 is 12.5. The molecule has 10 heteroatoms. The van der Waals surface area contributed by atoms with Gasteiger partial charge in [0, 0.05) is 24.1 Å². The summed E-state index contributed by atoms with van der Waals surface area (Å²) in [4.78, 5) is 11.0. The number of aromatic nitrogens is 2. The van der Waals surface area contributed by atoms with Gasteiger partial charge in [0.2, 0.25) is 0 Å². The Bertz CT molecular complexity index is 1140. The number of fused-ring (bicyclic) bond motifs is 1. The fraction of sp³-hybridized carbons (Fsp3) is 0.417. The molecule has 4 rings (SSSR count). The average Bonchev–Trinajstić information content (AvgIpc) is 2.84. The van der Waals surface area contributed by atoms with Crippen LogP contribution in [-0.4, -0.2) is 66.5 Å². The van der Waals surface area contributed by atoms with Crippen molar-refractivity contribution in [1.82, 2.24) is 14.9 Å². The second kappa shape index (κ2) is 11.3. The van der Waals surface area contributed by atoms with E-state index in [9.17, 15) is 5.11 Å². The lowest BCUT2D eigenvalue weighted by Crippen LogP contribution is -2.38. The summed E-state index contributed by atoms with van der Waals surface area (Å²) in [5.41, 5.74) is 1.24. The highest BCUT2D eigenvalue weighted by Crippen LogP contribution is 2.38. The van der Waals surface area contributed by atoms with Crippen LogP contribution in [0.25, 0.3) is 10.9 Å². The van der Waals surface area contributed by atoms with Crippen molar-refractivity contribution >= 4 is 45.6 Å². The maximum atomic E-state index is 10.5. The highest BCUT2D eigenvalue weighted by molar-refractivity contribution is 6.37. The summed E-state index contributed by atoms with van der Waals surface area (Å²) < 4.78 is 16.8. The van der Waals surface area contributed by atoms with Crippen molar-refractivity contribution in [1.29, 1.82) is 0 Å². The van der Waals surface area contributed by atoms with Crippen LogP contribution >= 0.6 is 23.2 Å². The van der Waals surface area contributed by atoms with E-state index in [1.807, 2.05) is 0 Å². The number of piperidine rings is 1. The predicted molar refractivity (Wildman–Crippen MR) is 134 cm³/mol. The van der Waals surface area contributed by atoms with Gasteiger partial charge in [0.1, 0.15) is 30.6 Å². The van der Waals surface area contributed by atoms with E-state index >= 15 is 0 Å². The lowest BCUT2D eigenvalue weighted by molar-refractivity contribution is 0.0609. The number of aliphatic hydroxyl groups excluding tert-OH is 1. The number of hydrogen-bond acceptors (Lipinski definition) is 8. The molecular weight excluding hydrogens is 479 g/mol. The van der Waals surface area contributed by atoms with Gasteiger partial charge in [-0.05, 0) is 38.1 Å². The summed E-state index contributed by atoms with van der Waals surface area (Å²) in [6.07, 6.45) is 4.47. The molecule has 1 fully saturated rings. The summed E-state index contributed by atoms with van der Waals surface area (Å²) in [5.74, 6) is 2.04. The molecule has 34 heavy (non-hydrogen) atoms. The van der Waals surface area contributed by atoms with Crippen molar-refractivity contribution in [3.05, 3.63) is 40.6 Å². The van der Waals surface area contributed by atoms with Crippen LogP contribution in [0.4, 0.5) is 11.5 Å². The second-order valence-corrected chi connectivity index (χ2v) is 8.97. The number of anilines is 2. The minimum absolute atomic E-state index is 0.161. The number of β-amino-alcohol motifs (C(OH)–C–C–N with tert-alkyl or cyclic N) is 1. The van der Waals surface area contributed by atoms with E-state index in [1.165, 1.54) is 32.7 Å². The topological polar surface area (TPSA) is 89.0 Å². The highest BCUT2D eigenvalue weighted by atomic mass is 35.5. The zero-order valence-corrected chi connectivity index (χ0v) is 20.7. The lowest BCUT2D eigenvalue weighted by atomic mass is 10.1. The quantitative estimate of drug-likeness (QED) is 0.422. The molecule has 1 aliphatic rings. The van der Waals surface area contributed by atoms with E-state index in [1.54, 1.807) is 31.4 Å². The van der Waals surface area contributed by atoms with Crippen LogP contribution in [-0.2, 0) is 0 Å². The van der Waals surface area contributed by atoms with Crippen molar-refractivity contribution in [2.24, 2.45) is 0 Å². The van der Waals surface area contributed by atoms with Crippen molar-refractivity contribution in [3.63, 3.8) is 0 Å². The van der Waals surface area contributed by atoms with Crippen molar-refractivity contribution in [2.75, 3.05) is 45.8 Å². The van der Waals surface area contributed by atoms with Gasteiger partial charge in [-0.1, -0.05) is 29.6 Å². The van der Waals surface area contributed by atoms with Crippen LogP contribution in [0.5, 0.6) is 17.2 Å². The minimum Gasteiger partial charge on any atom is -0.495 e. The largest absolute Gasteiger partial charge is 0.495 e. The molecule has 0 radical (unpaired) electrons. The van der Waals surface area contributed by atoms with Crippen LogP contribution in [0.15, 0.2) is 30.6 Å². The summed E-state index contributed by atoms with van der Waals surface area (Å²) in [5, 5.41) is 15.2. The van der Waals surface area contributed by atoms with Crippen LogP contribution in [0.1, 0.15) is 19.3 Å². The zero-order chi connectivity index (χ0) is 24.1. The maximum absolute atomic E-state index is 10.5. The molecule has 3 aromatic rings. The van der Waals surface area contributed by atoms with E-state index in [-0.39, 0.29) is 6.61 Å². The van der Waals surface area contributed by atoms with Gasteiger partial charge >= 0.3 is 0 Å². The van der Waals surface area contributed by atoms with Crippen molar-refractivity contribution in [3.8, 4) is 17.2 Å². The first-order valence-corrected chi connectivity index (χ1v) is 11.9. The Labute approximate surface area is 208 Å². The molecule has 0 spiro atoms. The van der Waals surface area contributed by atoms with Crippen LogP contribution < -0.4 is 19.5 Å². The van der Waals surface area contributed by atoms with Crippen LogP contribution in [0.3, 0.4) is 0 Å².